The first-order chi connectivity index (χ1) is 6.72. The van der Waals surface area contributed by atoms with Crippen molar-refractivity contribution < 1.29 is 14.8 Å². The summed E-state index contributed by atoms with van der Waals surface area (Å²) < 4.78 is 4.93. The van der Waals surface area contributed by atoms with Crippen molar-refractivity contribution in [2.75, 3.05) is 7.11 Å². The minimum atomic E-state index is -1.21. The Morgan fingerprint density at radius 1 is 1.50 bits per heavy atom. The minimum absolute atomic E-state index is 0.0230. The summed E-state index contributed by atoms with van der Waals surface area (Å²) in [4.78, 5) is 4.07. The molecule has 5 heteroatoms. The average Bonchev–Trinajstić information content (AvgIpc) is 2.97. The molecule has 1 heterocycles. The lowest BCUT2D eigenvalue weighted by atomic mass is 9.81. The number of methoxy groups -OCH3 is 1. The lowest BCUT2D eigenvalue weighted by molar-refractivity contribution is 0.397. The third-order valence-corrected chi connectivity index (χ3v) is 2.62. The molecule has 1 saturated carbocycles. The first-order valence-corrected chi connectivity index (χ1v) is 4.58. The minimum Gasteiger partial charge on any atom is -0.481 e. The van der Waals surface area contributed by atoms with Gasteiger partial charge in [-0.05, 0) is 17.9 Å². The van der Waals surface area contributed by atoms with E-state index in [9.17, 15) is 0 Å². The van der Waals surface area contributed by atoms with Crippen LogP contribution in [-0.2, 0) is 0 Å². The number of aromatic nitrogens is 1. The Morgan fingerprint density at radius 2 is 2.29 bits per heavy atom. The molecule has 0 amide bonds. The van der Waals surface area contributed by atoms with Crippen LogP contribution >= 0.6 is 0 Å². The molecule has 1 aromatic heterocycles. The van der Waals surface area contributed by atoms with E-state index in [1.165, 1.54) is 0 Å². The number of hydrogen-bond donors (Lipinski definition) is 2. The van der Waals surface area contributed by atoms with Gasteiger partial charge >= 0.3 is 7.12 Å². The van der Waals surface area contributed by atoms with Crippen molar-refractivity contribution in [3.05, 3.63) is 23.9 Å². The third-order valence-electron chi connectivity index (χ3n) is 2.62. The van der Waals surface area contributed by atoms with Gasteiger partial charge < -0.3 is 14.8 Å². The summed E-state index contributed by atoms with van der Waals surface area (Å²) in [6, 6.07) is 3.70. The van der Waals surface area contributed by atoms with E-state index in [4.69, 9.17) is 14.8 Å². The number of pyridine rings is 1. The van der Waals surface area contributed by atoms with Gasteiger partial charge in [-0.3, -0.25) is 0 Å². The SMILES string of the molecule is COc1ccc([C@@H]2C[C@H]2B(O)O)cn1. The van der Waals surface area contributed by atoms with Crippen molar-refractivity contribution in [1.82, 2.24) is 4.98 Å². The molecule has 4 nitrogen and oxygen atoms in total. The van der Waals surface area contributed by atoms with E-state index in [0.717, 1.165) is 12.0 Å². The van der Waals surface area contributed by atoms with Crippen LogP contribution in [0.4, 0.5) is 0 Å². The Hall–Kier alpha value is -1.07. The standard InChI is InChI=1S/C9H12BNO3/c1-14-9-3-2-6(5-11-9)7-4-8(7)10(12)13/h2-3,5,7-8,12-13H,4H2,1H3/t7-,8+/m0/s1. The smallest absolute Gasteiger partial charge is 0.455 e. The van der Waals surface area contributed by atoms with Crippen LogP contribution in [0.15, 0.2) is 18.3 Å². The van der Waals surface area contributed by atoms with Crippen LogP contribution in [0.25, 0.3) is 0 Å². The molecule has 2 N–H and O–H groups in total. The lowest BCUT2D eigenvalue weighted by Gasteiger charge is -2.01. The van der Waals surface area contributed by atoms with E-state index in [2.05, 4.69) is 4.98 Å². The number of nitrogens with zero attached hydrogens (tertiary/aromatic N) is 1. The predicted octanol–water partition coefficient (Wildman–Crippen LogP) is 0.420. The van der Waals surface area contributed by atoms with Crippen LogP contribution in [-0.4, -0.2) is 29.3 Å². The zero-order chi connectivity index (χ0) is 10.1. The van der Waals surface area contributed by atoms with Gasteiger partial charge in [0, 0.05) is 18.1 Å². The second-order valence-corrected chi connectivity index (χ2v) is 3.55. The summed E-state index contributed by atoms with van der Waals surface area (Å²) in [6.07, 6.45) is 2.55. The molecule has 1 fully saturated rings. The van der Waals surface area contributed by atoms with E-state index in [1.54, 1.807) is 19.4 Å². The molecule has 0 aliphatic heterocycles. The van der Waals surface area contributed by atoms with Gasteiger partial charge in [-0.15, -0.1) is 0 Å². The number of ether oxygens (including phenoxy) is 1. The highest BCUT2D eigenvalue weighted by atomic mass is 16.5. The topological polar surface area (TPSA) is 62.6 Å². The second-order valence-electron chi connectivity index (χ2n) is 3.55. The third kappa shape index (κ3) is 1.74. The molecular weight excluding hydrogens is 181 g/mol. The molecule has 14 heavy (non-hydrogen) atoms. The van der Waals surface area contributed by atoms with Crippen molar-refractivity contribution in [2.45, 2.75) is 18.2 Å². The molecule has 0 unspecified atom stereocenters. The van der Waals surface area contributed by atoms with Gasteiger partial charge in [0.2, 0.25) is 5.88 Å². The fourth-order valence-corrected chi connectivity index (χ4v) is 1.66. The molecule has 0 aromatic carbocycles. The van der Waals surface area contributed by atoms with E-state index in [0.29, 0.717) is 5.88 Å². The summed E-state index contributed by atoms with van der Waals surface area (Å²) in [5.41, 5.74) is 1.05. The average molecular weight is 193 g/mol. The van der Waals surface area contributed by atoms with Gasteiger partial charge in [0.05, 0.1) is 7.11 Å². The highest BCUT2D eigenvalue weighted by molar-refractivity contribution is 6.44. The maximum atomic E-state index is 8.94. The van der Waals surface area contributed by atoms with E-state index >= 15 is 0 Å². The Balaban J connectivity index is 2.05. The van der Waals surface area contributed by atoms with E-state index in [-0.39, 0.29) is 11.7 Å². The van der Waals surface area contributed by atoms with Gasteiger partial charge in [0.25, 0.3) is 0 Å². The molecule has 1 aliphatic rings. The van der Waals surface area contributed by atoms with Gasteiger partial charge in [-0.25, -0.2) is 4.98 Å². The fraction of sp³-hybridized carbons (Fsp3) is 0.444. The highest BCUT2D eigenvalue weighted by Crippen LogP contribution is 2.53. The van der Waals surface area contributed by atoms with Crippen LogP contribution in [0.3, 0.4) is 0 Å². The summed E-state index contributed by atoms with van der Waals surface area (Å²) in [5, 5.41) is 17.9. The lowest BCUT2D eigenvalue weighted by Crippen LogP contribution is -2.11. The normalized spacial score (nSPS) is 24.5. The predicted molar refractivity (Wildman–Crippen MR) is 52.1 cm³/mol. The molecule has 2 rings (SSSR count). The van der Waals surface area contributed by atoms with Crippen molar-refractivity contribution in [3.8, 4) is 5.88 Å². The maximum Gasteiger partial charge on any atom is 0.455 e. The Kier molecular flexibility index (Phi) is 2.43. The molecule has 0 spiro atoms. The Labute approximate surface area is 82.7 Å². The number of hydrogen-bond acceptors (Lipinski definition) is 4. The second kappa shape index (κ2) is 3.59. The van der Waals surface area contributed by atoms with Crippen LogP contribution in [0.5, 0.6) is 5.88 Å². The zero-order valence-electron chi connectivity index (χ0n) is 7.92. The van der Waals surface area contributed by atoms with Crippen LogP contribution in [0, 0.1) is 0 Å². The summed E-state index contributed by atoms with van der Waals surface area (Å²) in [6.45, 7) is 0. The van der Waals surface area contributed by atoms with Crippen molar-refractivity contribution >= 4 is 7.12 Å². The van der Waals surface area contributed by atoms with Gasteiger partial charge in [-0.1, -0.05) is 6.07 Å². The summed E-state index contributed by atoms with van der Waals surface area (Å²) >= 11 is 0. The molecule has 0 bridgehead atoms. The van der Waals surface area contributed by atoms with Crippen LogP contribution in [0.2, 0.25) is 5.82 Å². The molecular formula is C9H12BNO3. The molecule has 1 aromatic rings. The molecule has 74 valence electrons. The quantitative estimate of drug-likeness (QED) is 0.683. The van der Waals surface area contributed by atoms with E-state index < -0.39 is 7.12 Å². The summed E-state index contributed by atoms with van der Waals surface area (Å²) in [7, 11) is 0.362. The van der Waals surface area contributed by atoms with Crippen molar-refractivity contribution in [2.24, 2.45) is 0 Å². The number of rotatable bonds is 3. The van der Waals surface area contributed by atoms with Gasteiger partial charge in [0.1, 0.15) is 0 Å². The highest BCUT2D eigenvalue weighted by Gasteiger charge is 2.46. The maximum absolute atomic E-state index is 8.94. The molecule has 2 atom stereocenters. The molecule has 0 saturated heterocycles. The van der Waals surface area contributed by atoms with Crippen molar-refractivity contribution in [3.63, 3.8) is 0 Å². The first kappa shape index (κ1) is 9.49. The van der Waals surface area contributed by atoms with Crippen molar-refractivity contribution in [1.29, 1.82) is 0 Å². The Morgan fingerprint density at radius 3 is 2.71 bits per heavy atom. The summed E-state index contributed by atoms with van der Waals surface area (Å²) in [5.74, 6) is 0.800. The Bertz CT molecular complexity index is 314. The molecule has 0 radical (unpaired) electrons. The van der Waals surface area contributed by atoms with Crippen LogP contribution < -0.4 is 4.74 Å². The van der Waals surface area contributed by atoms with Crippen LogP contribution in [0.1, 0.15) is 17.9 Å². The van der Waals surface area contributed by atoms with E-state index in [1.807, 2.05) is 6.07 Å². The first-order valence-electron chi connectivity index (χ1n) is 4.58. The largest absolute Gasteiger partial charge is 0.481 e. The zero-order valence-corrected chi connectivity index (χ0v) is 7.92. The van der Waals surface area contributed by atoms with Gasteiger partial charge in [0.15, 0.2) is 0 Å². The molecule has 1 aliphatic carbocycles. The monoisotopic (exact) mass is 193 g/mol. The fourth-order valence-electron chi connectivity index (χ4n) is 1.66. The van der Waals surface area contributed by atoms with Gasteiger partial charge in [-0.2, -0.15) is 0 Å².